The molecule has 1 fully saturated rings. The van der Waals surface area contributed by atoms with Gasteiger partial charge in [0.05, 0.1) is 6.57 Å². The van der Waals surface area contributed by atoms with Gasteiger partial charge in [0.25, 0.3) is 0 Å². The van der Waals surface area contributed by atoms with Gasteiger partial charge in [0.2, 0.25) is 0 Å². The largest absolute Gasteiger partial charge is 0.369 e. The van der Waals surface area contributed by atoms with Crippen molar-refractivity contribution in [3.63, 3.8) is 0 Å². The number of rotatable bonds is 1. The van der Waals surface area contributed by atoms with Crippen LogP contribution in [0.1, 0.15) is 26.2 Å². The maximum absolute atomic E-state index is 6.91. The molecule has 0 bridgehead atoms. The van der Waals surface area contributed by atoms with Crippen LogP contribution < -0.4 is 4.90 Å². The first-order valence-electron chi connectivity index (χ1n) is 5.55. The molecule has 0 spiro atoms. The van der Waals surface area contributed by atoms with E-state index in [1.54, 1.807) is 0 Å². The summed E-state index contributed by atoms with van der Waals surface area (Å²) >= 11 is 0. The smallest absolute Gasteiger partial charge is 0.187 e. The van der Waals surface area contributed by atoms with Crippen molar-refractivity contribution in [2.24, 2.45) is 0 Å². The van der Waals surface area contributed by atoms with Gasteiger partial charge in [-0.3, -0.25) is 0 Å². The highest BCUT2D eigenvalue weighted by atomic mass is 15.2. The molecule has 2 rings (SSSR count). The lowest BCUT2D eigenvalue weighted by Gasteiger charge is -2.35. The molecule has 1 atom stereocenters. The fourth-order valence-corrected chi connectivity index (χ4v) is 2.20. The Balaban J connectivity index is 2.18. The van der Waals surface area contributed by atoms with Crippen molar-refractivity contribution >= 4 is 11.4 Å². The van der Waals surface area contributed by atoms with Gasteiger partial charge < -0.3 is 4.90 Å². The molecule has 1 saturated heterocycles. The van der Waals surface area contributed by atoms with Gasteiger partial charge in [0.1, 0.15) is 0 Å². The monoisotopic (exact) mass is 200 g/mol. The van der Waals surface area contributed by atoms with Crippen LogP contribution in [0.2, 0.25) is 0 Å². The maximum atomic E-state index is 6.91. The molecule has 2 nitrogen and oxygen atoms in total. The summed E-state index contributed by atoms with van der Waals surface area (Å²) in [7, 11) is 0. The van der Waals surface area contributed by atoms with E-state index in [2.05, 4.69) is 28.8 Å². The molecule has 1 aromatic rings. The summed E-state index contributed by atoms with van der Waals surface area (Å²) < 4.78 is 0. The minimum atomic E-state index is 0.637. The van der Waals surface area contributed by atoms with Gasteiger partial charge in [-0.25, -0.2) is 4.85 Å². The molecule has 1 unspecified atom stereocenters. The summed E-state index contributed by atoms with van der Waals surface area (Å²) in [6, 6.07) is 8.58. The Bertz CT molecular complexity index is 361. The topological polar surface area (TPSA) is 7.60 Å². The molecule has 1 aliphatic heterocycles. The zero-order chi connectivity index (χ0) is 10.7. The Morgan fingerprint density at radius 1 is 1.27 bits per heavy atom. The Labute approximate surface area is 91.3 Å². The molecular formula is C13H16N2. The highest BCUT2D eigenvalue weighted by Crippen LogP contribution is 2.26. The molecule has 1 aromatic carbocycles. The average molecular weight is 200 g/mol. The normalized spacial score (nSPS) is 21.1. The second kappa shape index (κ2) is 4.35. The van der Waals surface area contributed by atoms with Crippen LogP contribution in [0.4, 0.5) is 11.4 Å². The van der Waals surface area contributed by atoms with Crippen LogP contribution in [0, 0.1) is 6.57 Å². The minimum Gasteiger partial charge on any atom is -0.369 e. The first kappa shape index (κ1) is 10.0. The Morgan fingerprint density at radius 2 is 2.00 bits per heavy atom. The van der Waals surface area contributed by atoms with Crippen LogP contribution in [0.15, 0.2) is 24.3 Å². The number of anilines is 1. The second-order valence-electron chi connectivity index (χ2n) is 4.17. The van der Waals surface area contributed by atoms with Gasteiger partial charge in [-0.15, -0.1) is 0 Å². The third-order valence-corrected chi connectivity index (χ3v) is 3.11. The highest BCUT2D eigenvalue weighted by molar-refractivity contribution is 5.56. The lowest BCUT2D eigenvalue weighted by Crippen LogP contribution is -2.37. The van der Waals surface area contributed by atoms with E-state index in [1.807, 2.05) is 12.1 Å². The minimum absolute atomic E-state index is 0.637. The molecule has 0 aromatic heterocycles. The lowest BCUT2D eigenvalue weighted by atomic mass is 10.0. The van der Waals surface area contributed by atoms with Crippen molar-refractivity contribution in [3.05, 3.63) is 35.7 Å². The molecule has 0 saturated carbocycles. The molecule has 0 N–H and O–H groups in total. The molecule has 0 aliphatic carbocycles. The molecule has 78 valence electrons. The summed E-state index contributed by atoms with van der Waals surface area (Å²) in [5, 5.41) is 0. The van der Waals surface area contributed by atoms with E-state index in [9.17, 15) is 0 Å². The Hall–Kier alpha value is -1.49. The summed E-state index contributed by atoms with van der Waals surface area (Å²) in [6.45, 7) is 10.3. The first-order valence-corrected chi connectivity index (χ1v) is 5.55. The molecular weight excluding hydrogens is 184 g/mol. The predicted octanol–water partition coefficient (Wildman–Crippen LogP) is 3.62. The number of piperidine rings is 1. The number of nitrogens with zero attached hydrogens (tertiary/aromatic N) is 2. The number of benzene rings is 1. The molecule has 1 heterocycles. The molecule has 1 aliphatic rings. The molecule has 0 radical (unpaired) electrons. The van der Waals surface area contributed by atoms with Crippen LogP contribution in [-0.2, 0) is 0 Å². The maximum Gasteiger partial charge on any atom is 0.187 e. The van der Waals surface area contributed by atoms with Gasteiger partial charge >= 0.3 is 0 Å². The van der Waals surface area contributed by atoms with Crippen LogP contribution in [0.25, 0.3) is 4.85 Å². The van der Waals surface area contributed by atoms with E-state index in [4.69, 9.17) is 6.57 Å². The van der Waals surface area contributed by atoms with E-state index in [0.29, 0.717) is 6.04 Å². The Morgan fingerprint density at radius 3 is 2.60 bits per heavy atom. The van der Waals surface area contributed by atoms with Crippen molar-refractivity contribution in [2.45, 2.75) is 32.2 Å². The molecule has 2 heteroatoms. The molecule has 15 heavy (non-hydrogen) atoms. The van der Waals surface area contributed by atoms with Crippen molar-refractivity contribution in [3.8, 4) is 0 Å². The van der Waals surface area contributed by atoms with Crippen LogP contribution >= 0.6 is 0 Å². The van der Waals surface area contributed by atoms with Gasteiger partial charge in [0, 0.05) is 18.3 Å². The number of hydrogen-bond acceptors (Lipinski definition) is 1. The van der Waals surface area contributed by atoms with Gasteiger partial charge in [-0.05, 0) is 38.3 Å². The van der Waals surface area contributed by atoms with E-state index in [0.717, 1.165) is 12.2 Å². The summed E-state index contributed by atoms with van der Waals surface area (Å²) in [4.78, 5) is 5.85. The quantitative estimate of drug-likeness (QED) is 0.628. The third kappa shape index (κ3) is 2.12. The predicted molar refractivity (Wildman–Crippen MR) is 63.4 cm³/mol. The van der Waals surface area contributed by atoms with E-state index in [-0.39, 0.29) is 0 Å². The SMILES string of the molecule is [C-]#[N+]c1ccc(N2CCCCC2C)cc1. The van der Waals surface area contributed by atoms with Crippen molar-refractivity contribution in [1.29, 1.82) is 0 Å². The summed E-state index contributed by atoms with van der Waals surface area (Å²) in [6.07, 6.45) is 3.91. The third-order valence-electron chi connectivity index (χ3n) is 3.11. The zero-order valence-corrected chi connectivity index (χ0v) is 9.11. The fourth-order valence-electron chi connectivity index (χ4n) is 2.20. The summed E-state index contributed by atoms with van der Waals surface area (Å²) in [5.74, 6) is 0. The van der Waals surface area contributed by atoms with Crippen LogP contribution in [0.3, 0.4) is 0 Å². The fraction of sp³-hybridized carbons (Fsp3) is 0.462. The van der Waals surface area contributed by atoms with E-state index >= 15 is 0 Å². The van der Waals surface area contributed by atoms with Gasteiger partial charge in [-0.1, -0.05) is 12.1 Å². The van der Waals surface area contributed by atoms with Crippen molar-refractivity contribution in [1.82, 2.24) is 0 Å². The van der Waals surface area contributed by atoms with Crippen LogP contribution in [0.5, 0.6) is 0 Å². The highest BCUT2D eigenvalue weighted by Gasteiger charge is 2.17. The Kier molecular flexibility index (Phi) is 2.91. The lowest BCUT2D eigenvalue weighted by molar-refractivity contribution is 0.485. The number of hydrogen-bond donors (Lipinski definition) is 0. The van der Waals surface area contributed by atoms with Crippen LogP contribution in [-0.4, -0.2) is 12.6 Å². The first-order chi connectivity index (χ1) is 7.31. The summed E-state index contributed by atoms with van der Waals surface area (Å²) in [5.41, 5.74) is 1.98. The van der Waals surface area contributed by atoms with Gasteiger partial charge in [-0.2, -0.15) is 0 Å². The average Bonchev–Trinajstić information content (AvgIpc) is 2.30. The second-order valence-corrected chi connectivity index (χ2v) is 4.17. The molecule has 0 amide bonds. The van der Waals surface area contributed by atoms with Gasteiger partial charge in [0.15, 0.2) is 5.69 Å². The standard InChI is InChI=1S/C13H16N2/c1-11-5-3-4-10-15(11)13-8-6-12(14-2)7-9-13/h6-9,11H,3-5,10H2,1H3. The zero-order valence-electron chi connectivity index (χ0n) is 9.11. The van der Waals surface area contributed by atoms with E-state index in [1.165, 1.54) is 24.9 Å². The van der Waals surface area contributed by atoms with Crippen molar-refractivity contribution in [2.75, 3.05) is 11.4 Å². The van der Waals surface area contributed by atoms with E-state index < -0.39 is 0 Å². The van der Waals surface area contributed by atoms with Crippen molar-refractivity contribution < 1.29 is 0 Å².